The molecule has 0 bridgehead atoms. The van der Waals surface area contributed by atoms with E-state index >= 15 is 0 Å². The zero-order chi connectivity index (χ0) is 56.4. The van der Waals surface area contributed by atoms with Crippen molar-refractivity contribution in [2.45, 2.75) is 297 Å². The summed E-state index contributed by atoms with van der Waals surface area (Å²) in [7, 11) is -9.86. The third-order valence-electron chi connectivity index (χ3n) is 13.4. The minimum atomic E-state index is -4.93. The molecule has 6 atom stereocenters. The van der Waals surface area contributed by atoms with Crippen LogP contribution in [0.4, 0.5) is 0 Å². The zero-order valence-corrected chi connectivity index (χ0v) is 50.2. The number of aliphatic hydroxyl groups is 1. The molecule has 0 aliphatic carbocycles. The number of hydrogen-bond donors (Lipinski definition) is 3. The van der Waals surface area contributed by atoms with E-state index in [-0.39, 0.29) is 25.7 Å². The molecule has 0 spiro atoms. The summed E-state index contributed by atoms with van der Waals surface area (Å²) < 4.78 is 67.5. The molecule has 0 saturated carbocycles. The lowest BCUT2D eigenvalue weighted by atomic mass is 9.99. The van der Waals surface area contributed by atoms with Gasteiger partial charge in [-0.05, 0) is 31.6 Å². The molecule has 0 radical (unpaired) electrons. The van der Waals surface area contributed by atoms with E-state index in [1.54, 1.807) is 0 Å². The number of hydrogen-bond acceptors (Lipinski definition) is 15. The maximum atomic E-state index is 12.9. The second-order valence-corrected chi connectivity index (χ2v) is 23.8. The molecule has 0 heterocycles. The highest BCUT2D eigenvalue weighted by Crippen LogP contribution is 2.45. The van der Waals surface area contributed by atoms with Crippen LogP contribution in [0, 0.1) is 5.92 Å². The number of aliphatic hydroxyl groups excluding tert-OH is 1. The second-order valence-electron chi connectivity index (χ2n) is 20.9. The first kappa shape index (κ1) is 74.1. The van der Waals surface area contributed by atoms with E-state index in [1.165, 1.54) is 83.5 Å². The lowest BCUT2D eigenvalue weighted by Crippen LogP contribution is -2.30. The van der Waals surface area contributed by atoms with E-state index in [0.29, 0.717) is 25.7 Å². The normalized spacial score (nSPS) is 14.8. The Morgan fingerprint density at radius 3 is 0.934 bits per heavy atom. The van der Waals surface area contributed by atoms with Crippen molar-refractivity contribution in [3.63, 3.8) is 0 Å². The molecule has 17 nitrogen and oxygen atoms in total. The van der Waals surface area contributed by atoms with Crippen LogP contribution in [0.3, 0.4) is 0 Å². The Hall–Kier alpha value is -1.94. The van der Waals surface area contributed by atoms with Crippen LogP contribution >= 0.6 is 15.6 Å². The third kappa shape index (κ3) is 50.3. The van der Waals surface area contributed by atoms with E-state index in [9.17, 15) is 43.2 Å². The Morgan fingerprint density at radius 2 is 0.632 bits per heavy atom. The maximum Gasteiger partial charge on any atom is 0.472 e. The molecule has 0 aliphatic heterocycles. The minimum Gasteiger partial charge on any atom is -0.462 e. The van der Waals surface area contributed by atoms with Gasteiger partial charge in [0.2, 0.25) is 0 Å². The van der Waals surface area contributed by atoms with Gasteiger partial charge in [0.05, 0.1) is 26.4 Å². The molecule has 19 heteroatoms. The average molecular weight is 1130 g/mol. The first-order chi connectivity index (χ1) is 36.6. The molecule has 3 N–H and O–H groups in total. The van der Waals surface area contributed by atoms with Gasteiger partial charge in [-0.25, -0.2) is 9.13 Å². The highest BCUT2D eigenvalue weighted by Gasteiger charge is 2.30. The quantitative estimate of drug-likeness (QED) is 0.0222. The Labute approximate surface area is 460 Å². The number of rotatable bonds is 57. The molecule has 0 fully saturated rings. The van der Waals surface area contributed by atoms with E-state index < -0.39 is 97.5 Å². The van der Waals surface area contributed by atoms with Crippen LogP contribution in [-0.4, -0.2) is 96.7 Å². The summed E-state index contributed by atoms with van der Waals surface area (Å²) in [5, 5.41) is 10.5. The second kappa shape index (κ2) is 51.2. The summed E-state index contributed by atoms with van der Waals surface area (Å²) in [6, 6.07) is 0. The highest BCUT2D eigenvalue weighted by atomic mass is 31.2. The van der Waals surface area contributed by atoms with Gasteiger partial charge in [-0.15, -0.1) is 0 Å². The summed E-state index contributed by atoms with van der Waals surface area (Å²) in [5.41, 5.74) is 0. The molecule has 0 saturated heterocycles. The van der Waals surface area contributed by atoms with Gasteiger partial charge in [-0.1, -0.05) is 227 Å². The van der Waals surface area contributed by atoms with E-state index in [1.807, 2.05) is 0 Å². The van der Waals surface area contributed by atoms with E-state index in [0.717, 1.165) is 115 Å². The zero-order valence-electron chi connectivity index (χ0n) is 48.4. The van der Waals surface area contributed by atoms with Crippen LogP contribution in [0.1, 0.15) is 279 Å². The summed E-state index contributed by atoms with van der Waals surface area (Å²) in [6.07, 6.45) is 32.2. The third-order valence-corrected chi connectivity index (χ3v) is 15.3. The number of carbonyl (C=O) groups is 4. The standard InChI is InChI=1S/C57H110O17P2/c1-6-10-13-16-19-25-30-35-40-54(59)67-46-52(73-56(61)42-37-32-27-21-18-15-12-8-3)48-71-75(63,64)69-44-51(58)45-70-76(65,66)72-49-53(47-68-55(60)41-36-31-26-20-17-14-11-7-2)74-57(62)43-38-33-28-23-22-24-29-34-39-50(5)9-4/h50-53,58H,6-49H2,1-5H3,(H,63,64)(H,65,66)/t50?,51-,52+,53+/m0/s1. The SMILES string of the molecule is CCCCCCCCCCC(=O)OC[C@H](COP(=O)(O)OC[C@H](O)COP(=O)(O)OC[C@@H](COC(=O)CCCCCCCCCC)OC(=O)CCCCCCCCCCC(C)CC)OC(=O)CCCCCCCCCC. The van der Waals surface area contributed by atoms with Gasteiger partial charge in [-0.3, -0.25) is 37.3 Å². The van der Waals surface area contributed by atoms with Gasteiger partial charge in [0.25, 0.3) is 0 Å². The Bertz CT molecular complexity index is 1500. The van der Waals surface area contributed by atoms with Crippen LogP contribution in [0.5, 0.6) is 0 Å². The van der Waals surface area contributed by atoms with Crippen molar-refractivity contribution in [3.8, 4) is 0 Å². The monoisotopic (exact) mass is 1130 g/mol. The van der Waals surface area contributed by atoms with Crippen molar-refractivity contribution < 1.29 is 80.2 Å². The Kier molecular flexibility index (Phi) is 49.9. The van der Waals surface area contributed by atoms with E-state index in [2.05, 4.69) is 34.6 Å². The molecule has 0 aromatic carbocycles. The first-order valence-electron chi connectivity index (χ1n) is 30.2. The van der Waals surface area contributed by atoms with Gasteiger partial charge in [0.1, 0.15) is 19.3 Å². The van der Waals surface area contributed by atoms with Crippen LogP contribution in [0.2, 0.25) is 0 Å². The fourth-order valence-electron chi connectivity index (χ4n) is 8.31. The van der Waals surface area contributed by atoms with Gasteiger partial charge in [0, 0.05) is 25.7 Å². The predicted octanol–water partition coefficient (Wildman–Crippen LogP) is 15.1. The Morgan fingerprint density at radius 1 is 0.368 bits per heavy atom. The predicted molar refractivity (Wildman–Crippen MR) is 298 cm³/mol. The topological polar surface area (TPSA) is 237 Å². The Balaban J connectivity index is 5.21. The number of esters is 4. The van der Waals surface area contributed by atoms with Gasteiger partial charge in [0.15, 0.2) is 12.2 Å². The molecule has 0 aromatic heterocycles. The highest BCUT2D eigenvalue weighted by molar-refractivity contribution is 7.47. The lowest BCUT2D eigenvalue weighted by molar-refractivity contribution is -0.161. The van der Waals surface area contributed by atoms with Crippen molar-refractivity contribution in [2.75, 3.05) is 39.6 Å². The van der Waals surface area contributed by atoms with Crippen molar-refractivity contribution >= 4 is 39.5 Å². The van der Waals surface area contributed by atoms with Gasteiger partial charge >= 0.3 is 39.5 Å². The van der Waals surface area contributed by atoms with Crippen LogP contribution in [0.25, 0.3) is 0 Å². The van der Waals surface area contributed by atoms with Crippen molar-refractivity contribution in [2.24, 2.45) is 5.92 Å². The van der Waals surface area contributed by atoms with Crippen LogP contribution < -0.4 is 0 Å². The van der Waals surface area contributed by atoms with Crippen molar-refractivity contribution in [3.05, 3.63) is 0 Å². The van der Waals surface area contributed by atoms with Crippen molar-refractivity contribution in [1.82, 2.24) is 0 Å². The molecule has 450 valence electrons. The molecule has 0 amide bonds. The van der Waals surface area contributed by atoms with E-state index in [4.69, 9.17) is 37.0 Å². The molecule has 76 heavy (non-hydrogen) atoms. The molecule has 0 aromatic rings. The first-order valence-corrected chi connectivity index (χ1v) is 33.2. The molecular formula is C57H110O17P2. The number of unbranched alkanes of at least 4 members (excludes halogenated alkanes) is 28. The largest absolute Gasteiger partial charge is 0.472 e. The smallest absolute Gasteiger partial charge is 0.462 e. The molecule has 0 aliphatic rings. The fourth-order valence-corrected chi connectivity index (χ4v) is 9.89. The fraction of sp³-hybridized carbons (Fsp3) is 0.930. The summed E-state index contributed by atoms with van der Waals surface area (Å²) in [6.45, 7) is 7.05. The lowest BCUT2D eigenvalue weighted by Gasteiger charge is -2.21. The van der Waals surface area contributed by atoms with Gasteiger partial charge in [-0.2, -0.15) is 0 Å². The summed E-state index contributed by atoms with van der Waals surface area (Å²) in [4.78, 5) is 71.6. The molecule has 3 unspecified atom stereocenters. The summed E-state index contributed by atoms with van der Waals surface area (Å²) >= 11 is 0. The number of ether oxygens (including phenoxy) is 4. The van der Waals surface area contributed by atoms with Crippen molar-refractivity contribution in [1.29, 1.82) is 0 Å². The molecular weight excluding hydrogens is 1020 g/mol. The average Bonchev–Trinajstić information content (AvgIpc) is 3.39. The van der Waals surface area contributed by atoms with Crippen LogP contribution in [-0.2, 0) is 65.4 Å². The summed E-state index contributed by atoms with van der Waals surface area (Å²) in [5.74, 6) is -1.38. The van der Waals surface area contributed by atoms with Gasteiger partial charge < -0.3 is 33.8 Å². The van der Waals surface area contributed by atoms with Crippen LogP contribution in [0.15, 0.2) is 0 Å². The molecule has 0 rings (SSSR count). The number of phosphoric ester groups is 2. The number of phosphoric acid groups is 2. The minimum absolute atomic E-state index is 0.105. The number of carbonyl (C=O) groups excluding carboxylic acids is 4. The maximum absolute atomic E-state index is 12.9.